The van der Waals surface area contributed by atoms with E-state index >= 15 is 0 Å². The third kappa shape index (κ3) is 4.54. The zero-order valence-corrected chi connectivity index (χ0v) is 19.9. The first kappa shape index (κ1) is 22.4. The summed E-state index contributed by atoms with van der Waals surface area (Å²) in [5.41, 5.74) is 1.53. The number of hydrogen-bond acceptors (Lipinski definition) is 4. The van der Waals surface area contributed by atoms with Crippen LogP contribution in [0.25, 0.3) is 0 Å². The van der Waals surface area contributed by atoms with E-state index in [4.69, 9.17) is 9.47 Å². The van der Waals surface area contributed by atoms with E-state index in [2.05, 4.69) is 27.8 Å². The lowest BCUT2D eigenvalue weighted by Crippen LogP contribution is -2.51. The number of likely N-dealkylation sites (tertiary alicyclic amines) is 1. The first-order chi connectivity index (χ1) is 15.4. The molecule has 2 aliphatic rings. The molecular formula is C26H26BrNO4. The highest BCUT2D eigenvalue weighted by molar-refractivity contribution is 9.10. The minimum absolute atomic E-state index is 0.0549. The van der Waals surface area contributed by atoms with E-state index in [1.165, 1.54) is 7.11 Å². The van der Waals surface area contributed by atoms with Gasteiger partial charge in [0.05, 0.1) is 12.7 Å². The van der Waals surface area contributed by atoms with Gasteiger partial charge in [-0.05, 0) is 80.5 Å². The van der Waals surface area contributed by atoms with Gasteiger partial charge in [-0.1, -0.05) is 34.0 Å². The molecule has 1 saturated carbocycles. The smallest absolute Gasteiger partial charge is 0.409 e. The first-order valence-corrected chi connectivity index (χ1v) is 11.6. The number of rotatable bonds is 2. The van der Waals surface area contributed by atoms with Crippen molar-refractivity contribution >= 4 is 28.0 Å². The van der Waals surface area contributed by atoms with Gasteiger partial charge < -0.3 is 14.4 Å². The van der Waals surface area contributed by atoms with Crippen molar-refractivity contribution in [1.82, 2.24) is 4.90 Å². The minimum Gasteiger partial charge on any atom is -0.453 e. The molecule has 3 atom stereocenters. The van der Waals surface area contributed by atoms with Gasteiger partial charge in [-0.2, -0.15) is 0 Å². The molecule has 166 valence electrons. The van der Waals surface area contributed by atoms with Crippen LogP contribution in [-0.4, -0.2) is 42.3 Å². The van der Waals surface area contributed by atoms with Crippen molar-refractivity contribution in [3.8, 4) is 11.8 Å². The number of carbonyl (C=O) groups is 2. The van der Waals surface area contributed by atoms with Crippen LogP contribution in [0.2, 0.25) is 0 Å². The maximum absolute atomic E-state index is 13.1. The molecule has 5 nitrogen and oxygen atoms in total. The molecule has 32 heavy (non-hydrogen) atoms. The zero-order chi connectivity index (χ0) is 22.7. The van der Waals surface area contributed by atoms with Gasteiger partial charge in [-0.3, -0.25) is 0 Å². The number of carbonyl (C=O) groups excluding carboxylic acids is 2. The Kier molecular flexibility index (Phi) is 6.57. The van der Waals surface area contributed by atoms with Crippen molar-refractivity contribution in [2.75, 3.05) is 13.7 Å². The van der Waals surface area contributed by atoms with Crippen molar-refractivity contribution in [3.63, 3.8) is 0 Å². The number of hydrogen-bond donors (Lipinski definition) is 0. The van der Waals surface area contributed by atoms with E-state index in [-0.39, 0.29) is 18.1 Å². The molecule has 1 aliphatic carbocycles. The van der Waals surface area contributed by atoms with Crippen LogP contribution in [0.3, 0.4) is 0 Å². The lowest BCUT2D eigenvalue weighted by molar-refractivity contribution is -0.0445. The Morgan fingerprint density at radius 2 is 1.94 bits per heavy atom. The Balaban J connectivity index is 1.70. The second-order valence-electron chi connectivity index (χ2n) is 8.42. The molecule has 0 bridgehead atoms. The van der Waals surface area contributed by atoms with E-state index < -0.39 is 11.6 Å². The number of nitrogens with zero attached hydrogens (tertiary/aromatic N) is 1. The molecule has 1 amide bonds. The molecule has 1 heterocycles. The fourth-order valence-electron chi connectivity index (χ4n) is 4.88. The third-order valence-electron chi connectivity index (χ3n) is 6.39. The normalized spacial score (nSPS) is 24.2. The fourth-order valence-corrected chi connectivity index (χ4v) is 5.14. The lowest BCUT2D eigenvalue weighted by Gasteiger charge is -2.42. The summed E-state index contributed by atoms with van der Waals surface area (Å²) < 4.78 is 12.1. The number of halogens is 1. The van der Waals surface area contributed by atoms with Crippen LogP contribution in [-0.2, 0) is 9.47 Å². The van der Waals surface area contributed by atoms with Gasteiger partial charge in [-0.25, -0.2) is 9.59 Å². The van der Waals surface area contributed by atoms with Crippen molar-refractivity contribution in [3.05, 3.63) is 69.7 Å². The second kappa shape index (κ2) is 9.38. The van der Waals surface area contributed by atoms with E-state index in [9.17, 15) is 9.59 Å². The highest BCUT2D eigenvalue weighted by atomic mass is 79.9. The average molecular weight is 496 g/mol. The third-order valence-corrected chi connectivity index (χ3v) is 6.92. The number of amides is 1. The Morgan fingerprint density at radius 3 is 2.66 bits per heavy atom. The molecule has 2 fully saturated rings. The van der Waals surface area contributed by atoms with Crippen molar-refractivity contribution < 1.29 is 19.1 Å². The number of fused-ring (bicyclic) bond motifs is 1. The molecule has 2 aromatic rings. The van der Waals surface area contributed by atoms with Crippen LogP contribution in [0, 0.1) is 24.7 Å². The van der Waals surface area contributed by atoms with E-state index in [1.807, 2.05) is 43.3 Å². The number of benzene rings is 2. The molecule has 0 aromatic heterocycles. The van der Waals surface area contributed by atoms with Crippen LogP contribution < -0.4 is 0 Å². The van der Waals surface area contributed by atoms with Crippen LogP contribution in [0.15, 0.2) is 53.0 Å². The number of esters is 1. The molecular weight excluding hydrogens is 470 g/mol. The van der Waals surface area contributed by atoms with Gasteiger partial charge in [-0.15, -0.1) is 0 Å². The fraction of sp³-hybridized carbons (Fsp3) is 0.385. The largest absolute Gasteiger partial charge is 0.453 e. The summed E-state index contributed by atoms with van der Waals surface area (Å²) in [5, 5.41) is 0. The summed E-state index contributed by atoms with van der Waals surface area (Å²) in [6.07, 6.45) is 2.69. The average Bonchev–Trinajstić information content (AvgIpc) is 3.23. The van der Waals surface area contributed by atoms with Crippen molar-refractivity contribution in [2.24, 2.45) is 5.92 Å². The summed E-state index contributed by atoms with van der Waals surface area (Å²) in [6.45, 7) is 2.60. The maximum Gasteiger partial charge on any atom is 0.409 e. The predicted molar refractivity (Wildman–Crippen MR) is 125 cm³/mol. The lowest BCUT2D eigenvalue weighted by atomic mass is 9.72. The van der Waals surface area contributed by atoms with Gasteiger partial charge in [0.15, 0.2) is 5.60 Å². The predicted octanol–water partition coefficient (Wildman–Crippen LogP) is 5.35. The minimum atomic E-state index is -0.959. The SMILES string of the molecule is COC(=O)N1CC[C@@H]2[C@H]1CCC[C@]2(C#Cc1cccc(C)c1)OC(=O)c1ccc(Br)cc1. The van der Waals surface area contributed by atoms with Crippen LogP contribution >= 0.6 is 15.9 Å². The van der Waals surface area contributed by atoms with Gasteiger partial charge in [0.1, 0.15) is 0 Å². The second-order valence-corrected chi connectivity index (χ2v) is 9.34. The summed E-state index contributed by atoms with van der Waals surface area (Å²) >= 11 is 3.40. The summed E-state index contributed by atoms with van der Waals surface area (Å²) in [4.78, 5) is 27.2. The monoisotopic (exact) mass is 495 g/mol. The Morgan fingerprint density at radius 1 is 1.16 bits per heavy atom. The quantitative estimate of drug-likeness (QED) is 0.416. The molecule has 1 aliphatic heterocycles. The van der Waals surface area contributed by atoms with Gasteiger partial charge >= 0.3 is 12.1 Å². The summed E-state index contributed by atoms with van der Waals surface area (Å²) in [6, 6.07) is 15.0. The first-order valence-electron chi connectivity index (χ1n) is 10.9. The van der Waals surface area contributed by atoms with Crippen LogP contribution in [0.1, 0.15) is 47.2 Å². The number of ether oxygens (including phenoxy) is 2. The molecule has 6 heteroatoms. The van der Waals surface area contributed by atoms with Crippen LogP contribution in [0.5, 0.6) is 0 Å². The van der Waals surface area contributed by atoms with Crippen LogP contribution in [0.4, 0.5) is 4.79 Å². The summed E-state index contributed by atoms with van der Waals surface area (Å²) in [5.74, 6) is 6.16. The number of methoxy groups -OCH3 is 1. The van der Waals surface area contributed by atoms with Gasteiger partial charge in [0.25, 0.3) is 0 Å². The molecule has 1 saturated heterocycles. The Bertz CT molecular complexity index is 1070. The van der Waals surface area contributed by atoms with Crippen molar-refractivity contribution in [2.45, 2.75) is 44.2 Å². The molecule has 0 radical (unpaired) electrons. The zero-order valence-electron chi connectivity index (χ0n) is 18.3. The maximum atomic E-state index is 13.1. The molecule has 0 spiro atoms. The highest BCUT2D eigenvalue weighted by Gasteiger charge is 2.53. The standard InChI is InChI=1S/C26H26BrNO4/c1-18-5-3-6-19(17-18)12-15-26(32-24(29)20-8-10-21(27)11-9-20)14-4-7-23-22(26)13-16-28(23)25(30)31-2/h3,5-6,8-11,17,22-23H,4,7,13-14,16H2,1-2H3/t22-,23-,26-/m1/s1. The summed E-state index contributed by atoms with van der Waals surface area (Å²) in [7, 11) is 1.40. The van der Waals surface area contributed by atoms with Crippen molar-refractivity contribution in [1.29, 1.82) is 0 Å². The molecule has 0 N–H and O–H groups in total. The molecule has 2 aromatic carbocycles. The highest BCUT2D eigenvalue weighted by Crippen LogP contribution is 2.45. The topological polar surface area (TPSA) is 55.8 Å². The Hall–Kier alpha value is -2.78. The number of aryl methyl sites for hydroxylation is 1. The molecule has 0 unspecified atom stereocenters. The van der Waals surface area contributed by atoms with E-state index in [0.717, 1.165) is 34.9 Å². The van der Waals surface area contributed by atoms with Gasteiger partial charge in [0, 0.05) is 28.5 Å². The Labute approximate surface area is 197 Å². The van der Waals surface area contributed by atoms with E-state index in [1.54, 1.807) is 17.0 Å². The van der Waals surface area contributed by atoms with Gasteiger partial charge in [0.2, 0.25) is 0 Å². The van der Waals surface area contributed by atoms with E-state index in [0.29, 0.717) is 18.5 Å². The molecule has 4 rings (SSSR count).